The first-order valence-corrected chi connectivity index (χ1v) is 4.05. The molecule has 0 aromatic heterocycles. The fourth-order valence-corrected chi connectivity index (χ4v) is 1.03. The second kappa shape index (κ2) is 2.94. The minimum Gasteiger partial charge on any atom is -0.319 e. The molecule has 0 spiro atoms. The molecule has 0 heterocycles. The molecule has 0 aromatic rings. The van der Waals surface area contributed by atoms with Crippen molar-refractivity contribution in [2.45, 2.75) is 46.6 Å². The third-order valence-corrected chi connectivity index (χ3v) is 2.08. The first-order valence-electron chi connectivity index (χ1n) is 4.05. The van der Waals surface area contributed by atoms with Gasteiger partial charge in [-0.1, -0.05) is 20.8 Å². The molecule has 2 heteroatoms. The Balaban J connectivity index is 4.50. The molecular formula is C9H19NO. The van der Waals surface area contributed by atoms with Gasteiger partial charge in [-0.15, -0.1) is 0 Å². The zero-order chi connectivity index (χ0) is 9.28. The molecule has 0 bridgehead atoms. The van der Waals surface area contributed by atoms with Crippen LogP contribution in [0.4, 0.5) is 0 Å². The summed E-state index contributed by atoms with van der Waals surface area (Å²) in [6.45, 7) is 9.39. The molecular weight excluding hydrogens is 138 g/mol. The van der Waals surface area contributed by atoms with Crippen LogP contribution in [0.1, 0.15) is 41.0 Å². The lowest BCUT2D eigenvalue weighted by atomic mass is 9.77. The lowest BCUT2D eigenvalue weighted by Crippen LogP contribution is -2.48. The van der Waals surface area contributed by atoms with Crippen molar-refractivity contribution in [1.29, 1.82) is 0 Å². The van der Waals surface area contributed by atoms with Crippen molar-refractivity contribution in [2.75, 3.05) is 0 Å². The van der Waals surface area contributed by atoms with Crippen LogP contribution >= 0.6 is 0 Å². The second-order valence-electron chi connectivity index (χ2n) is 4.29. The van der Waals surface area contributed by atoms with Crippen LogP contribution < -0.4 is 5.73 Å². The number of nitrogens with two attached hydrogens (primary N) is 1. The molecule has 0 saturated carbocycles. The Bertz CT molecular complexity index is 153. The Labute approximate surface area is 69.2 Å². The first kappa shape index (κ1) is 10.6. The van der Waals surface area contributed by atoms with E-state index in [9.17, 15) is 4.79 Å². The van der Waals surface area contributed by atoms with E-state index in [-0.39, 0.29) is 11.2 Å². The predicted molar refractivity (Wildman–Crippen MR) is 47.3 cm³/mol. The topological polar surface area (TPSA) is 43.1 Å². The van der Waals surface area contributed by atoms with Gasteiger partial charge in [0.15, 0.2) is 5.78 Å². The number of rotatable bonds is 3. The van der Waals surface area contributed by atoms with E-state index in [0.717, 1.165) is 6.42 Å². The van der Waals surface area contributed by atoms with Crippen LogP contribution in [0.2, 0.25) is 0 Å². The van der Waals surface area contributed by atoms with E-state index in [4.69, 9.17) is 5.73 Å². The largest absolute Gasteiger partial charge is 0.319 e. The molecule has 2 N–H and O–H groups in total. The van der Waals surface area contributed by atoms with Crippen LogP contribution in [0, 0.1) is 5.41 Å². The summed E-state index contributed by atoms with van der Waals surface area (Å²) in [4.78, 5) is 11.6. The molecule has 0 rings (SSSR count). The summed E-state index contributed by atoms with van der Waals surface area (Å²) in [6, 6.07) is 0. The predicted octanol–water partition coefficient (Wildman–Crippen LogP) is 1.73. The van der Waals surface area contributed by atoms with Gasteiger partial charge in [0.2, 0.25) is 0 Å². The van der Waals surface area contributed by atoms with Gasteiger partial charge in [0.25, 0.3) is 0 Å². The van der Waals surface area contributed by atoms with Crippen LogP contribution in [0.3, 0.4) is 0 Å². The van der Waals surface area contributed by atoms with Crippen LogP contribution in [0.5, 0.6) is 0 Å². The summed E-state index contributed by atoms with van der Waals surface area (Å²) in [6.07, 6.45) is 0.840. The number of carbonyl (C=O) groups is 1. The number of Topliss-reactive ketones (excluding diaryl/α,β-unsaturated/α-hetero) is 1. The van der Waals surface area contributed by atoms with Gasteiger partial charge in [-0.3, -0.25) is 4.79 Å². The van der Waals surface area contributed by atoms with Gasteiger partial charge in [-0.05, 0) is 20.3 Å². The molecule has 0 radical (unpaired) electrons. The Morgan fingerprint density at radius 2 is 1.64 bits per heavy atom. The van der Waals surface area contributed by atoms with Crippen molar-refractivity contribution in [3.05, 3.63) is 0 Å². The van der Waals surface area contributed by atoms with E-state index in [1.165, 1.54) is 0 Å². The highest BCUT2D eigenvalue weighted by Gasteiger charge is 2.34. The molecule has 66 valence electrons. The van der Waals surface area contributed by atoms with Crippen molar-refractivity contribution in [3.8, 4) is 0 Å². The molecule has 0 aliphatic heterocycles. The molecule has 0 saturated heterocycles. The Morgan fingerprint density at radius 3 is 1.73 bits per heavy atom. The van der Waals surface area contributed by atoms with Gasteiger partial charge in [-0.2, -0.15) is 0 Å². The second-order valence-corrected chi connectivity index (χ2v) is 4.29. The van der Waals surface area contributed by atoms with Gasteiger partial charge >= 0.3 is 0 Å². The number of hydrogen-bond acceptors (Lipinski definition) is 2. The zero-order valence-electron chi connectivity index (χ0n) is 8.19. The average Bonchev–Trinajstić information content (AvgIpc) is 1.84. The summed E-state index contributed by atoms with van der Waals surface area (Å²) in [5.74, 6) is 0.132. The summed E-state index contributed by atoms with van der Waals surface area (Å²) in [7, 11) is 0. The van der Waals surface area contributed by atoms with Crippen LogP contribution in [-0.4, -0.2) is 11.3 Å². The maximum atomic E-state index is 11.6. The highest BCUT2D eigenvalue weighted by atomic mass is 16.1. The van der Waals surface area contributed by atoms with Crippen LogP contribution in [-0.2, 0) is 4.79 Å². The monoisotopic (exact) mass is 157 g/mol. The summed E-state index contributed by atoms with van der Waals surface area (Å²) >= 11 is 0. The molecule has 0 amide bonds. The molecule has 11 heavy (non-hydrogen) atoms. The fourth-order valence-electron chi connectivity index (χ4n) is 1.03. The summed E-state index contributed by atoms with van der Waals surface area (Å²) in [5.41, 5.74) is 4.72. The average molecular weight is 157 g/mol. The van der Waals surface area contributed by atoms with Crippen molar-refractivity contribution in [3.63, 3.8) is 0 Å². The third kappa shape index (κ3) is 2.62. The van der Waals surface area contributed by atoms with Gasteiger partial charge in [-0.25, -0.2) is 0 Å². The molecule has 0 aliphatic rings. The molecule has 0 unspecified atom stereocenters. The van der Waals surface area contributed by atoms with E-state index in [1.54, 1.807) is 13.8 Å². The quantitative estimate of drug-likeness (QED) is 0.678. The Hall–Kier alpha value is -0.370. The SMILES string of the molecule is CCC(C)(C)C(=O)C(C)(C)N. The standard InChI is InChI=1S/C9H19NO/c1-6-8(2,3)7(11)9(4,5)10/h6,10H2,1-5H3. The summed E-state index contributed by atoms with van der Waals surface area (Å²) in [5, 5.41) is 0. The zero-order valence-corrected chi connectivity index (χ0v) is 8.19. The number of carbonyl (C=O) groups excluding carboxylic acids is 1. The highest BCUT2D eigenvalue weighted by molar-refractivity contribution is 5.91. The molecule has 0 aromatic carbocycles. The Morgan fingerprint density at radius 1 is 1.27 bits per heavy atom. The number of hydrogen-bond donors (Lipinski definition) is 1. The van der Waals surface area contributed by atoms with E-state index < -0.39 is 5.54 Å². The lowest BCUT2D eigenvalue weighted by Gasteiger charge is -2.29. The third-order valence-electron chi connectivity index (χ3n) is 2.08. The van der Waals surface area contributed by atoms with Crippen molar-refractivity contribution >= 4 is 5.78 Å². The molecule has 2 nitrogen and oxygen atoms in total. The first-order chi connectivity index (χ1) is 4.72. The van der Waals surface area contributed by atoms with Crippen LogP contribution in [0.15, 0.2) is 0 Å². The summed E-state index contributed by atoms with van der Waals surface area (Å²) < 4.78 is 0. The smallest absolute Gasteiger partial charge is 0.157 e. The van der Waals surface area contributed by atoms with Gasteiger partial charge in [0.1, 0.15) is 0 Å². The highest BCUT2D eigenvalue weighted by Crippen LogP contribution is 2.25. The minimum absolute atomic E-state index is 0.132. The number of ketones is 1. The normalized spacial score (nSPS) is 13.3. The Kier molecular flexibility index (Phi) is 2.84. The lowest BCUT2D eigenvalue weighted by molar-refractivity contribution is -0.131. The minimum atomic E-state index is -0.695. The van der Waals surface area contributed by atoms with E-state index in [0.29, 0.717) is 0 Å². The maximum Gasteiger partial charge on any atom is 0.157 e. The molecule has 0 atom stereocenters. The van der Waals surface area contributed by atoms with Gasteiger partial charge < -0.3 is 5.73 Å². The van der Waals surface area contributed by atoms with Crippen molar-refractivity contribution < 1.29 is 4.79 Å². The van der Waals surface area contributed by atoms with Crippen molar-refractivity contribution in [2.24, 2.45) is 11.1 Å². The fraction of sp³-hybridized carbons (Fsp3) is 0.889. The van der Waals surface area contributed by atoms with E-state index in [2.05, 4.69) is 0 Å². The van der Waals surface area contributed by atoms with Crippen LogP contribution in [0.25, 0.3) is 0 Å². The molecule has 0 fully saturated rings. The van der Waals surface area contributed by atoms with Gasteiger partial charge in [0.05, 0.1) is 5.54 Å². The maximum absolute atomic E-state index is 11.6. The van der Waals surface area contributed by atoms with Gasteiger partial charge in [0, 0.05) is 5.41 Å². The van der Waals surface area contributed by atoms with E-state index in [1.807, 2.05) is 20.8 Å². The van der Waals surface area contributed by atoms with Crippen molar-refractivity contribution in [1.82, 2.24) is 0 Å². The van der Waals surface area contributed by atoms with E-state index >= 15 is 0 Å². The molecule has 0 aliphatic carbocycles.